The number of hydrogen-bond donors (Lipinski definition) is 0. The Kier molecular flexibility index (Phi) is 5.43. The number of aryl methyl sites for hydroxylation is 1. The molecule has 132 valence electrons. The second-order valence-corrected chi connectivity index (χ2v) is 7.12. The lowest BCUT2D eigenvalue weighted by Crippen LogP contribution is -2.49. The van der Waals surface area contributed by atoms with Gasteiger partial charge in [0.05, 0.1) is 4.92 Å². The van der Waals surface area contributed by atoms with E-state index in [1.807, 2.05) is 26.8 Å². The lowest BCUT2D eigenvalue weighted by Gasteiger charge is -2.35. The lowest BCUT2D eigenvalue weighted by molar-refractivity contribution is -0.385. The number of hydrogen-bond acceptors (Lipinski definition) is 5. The predicted molar refractivity (Wildman–Crippen MR) is 90.9 cm³/mol. The van der Waals surface area contributed by atoms with E-state index in [1.165, 1.54) is 0 Å². The van der Waals surface area contributed by atoms with Crippen molar-refractivity contribution in [3.8, 4) is 0 Å². The maximum atomic E-state index is 12.0. The molecule has 0 unspecified atom stereocenters. The van der Waals surface area contributed by atoms with Crippen LogP contribution in [0.1, 0.15) is 31.9 Å². The summed E-state index contributed by atoms with van der Waals surface area (Å²) in [6.45, 7) is 10.6. The fourth-order valence-corrected chi connectivity index (χ4v) is 2.62. The first kappa shape index (κ1) is 18.2. The number of benzene rings is 1. The number of amides is 1. The third kappa shape index (κ3) is 4.92. The molecule has 1 aromatic rings. The van der Waals surface area contributed by atoms with Crippen molar-refractivity contribution in [2.75, 3.05) is 26.2 Å². The van der Waals surface area contributed by atoms with Crippen LogP contribution in [0.4, 0.5) is 10.5 Å². The molecule has 1 aromatic carbocycles. The van der Waals surface area contributed by atoms with Crippen molar-refractivity contribution < 1.29 is 14.5 Å². The molecule has 1 heterocycles. The highest BCUT2D eigenvalue weighted by molar-refractivity contribution is 5.68. The summed E-state index contributed by atoms with van der Waals surface area (Å²) >= 11 is 0. The Morgan fingerprint density at radius 2 is 1.88 bits per heavy atom. The van der Waals surface area contributed by atoms with Crippen LogP contribution in [-0.2, 0) is 11.3 Å². The quantitative estimate of drug-likeness (QED) is 0.627. The fourth-order valence-electron chi connectivity index (χ4n) is 2.62. The fraction of sp³-hybridized carbons (Fsp3) is 0.588. The summed E-state index contributed by atoms with van der Waals surface area (Å²) in [6, 6.07) is 5.34. The molecular formula is C17H25N3O4. The molecule has 24 heavy (non-hydrogen) atoms. The highest BCUT2D eigenvalue weighted by atomic mass is 16.6. The van der Waals surface area contributed by atoms with Crippen LogP contribution >= 0.6 is 0 Å². The number of piperazine rings is 1. The first-order valence-corrected chi connectivity index (χ1v) is 8.10. The van der Waals surface area contributed by atoms with Gasteiger partial charge in [0.2, 0.25) is 0 Å². The molecular weight excluding hydrogens is 310 g/mol. The Hall–Kier alpha value is -2.15. The number of nitro groups is 1. The molecule has 1 aliphatic heterocycles. The van der Waals surface area contributed by atoms with Gasteiger partial charge in [0.15, 0.2) is 0 Å². The number of nitrogens with zero attached hydrogens (tertiary/aromatic N) is 3. The van der Waals surface area contributed by atoms with Crippen LogP contribution in [0.2, 0.25) is 0 Å². The van der Waals surface area contributed by atoms with E-state index in [0.29, 0.717) is 25.2 Å². The summed E-state index contributed by atoms with van der Waals surface area (Å²) < 4.78 is 5.38. The smallest absolute Gasteiger partial charge is 0.410 e. The van der Waals surface area contributed by atoms with Crippen LogP contribution in [0.15, 0.2) is 18.2 Å². The highest BCUT2D eigenvalue weighted by Gasteiger charge is 2.26. The van der Waals surface area contributed by atoms with Gasteiger partial charge < -0.3 is 9.64 Å². The van der Waals surface area contributed by atoms with Crippen molar-refractivity contribution in [3.05, 3.63) is 39.4 Å². The SMILES string of the molecule is Cc1ccc(CN2CCN(C(=O)OC(C)(C)C)CC2)cc1[N+](=O)[O-]. The number of carbonyl (C=O) groups excluding carboxylic acids is 1. The van der Waals surface area contributed by atoms with E-state index in [9.17, 15) is 14.9 Å². The van der Waals surface area contributed by atoms with Gasteiger partial charge in [0.1, 0.15) is 5.60 Å². The van der Waals surface area contributed by atoms with E-state index in [2.05, 4.69) is 4.90 Å². The van der Waals surface area contributed by atoms with Crippen LogP contribution < -0.4 is 0 Å². The number of carbonyl (C=O) groups is 1. The summed E-state index contributed by atoms with van der Waals surface area (Å²) in [5, 5.41) is 11.0. The number of nitro benzene ring substituents is 1. The molecule has 0 bridgehead atoms. The molecule has 0 aliphatic carbocycles. The second-order valence-electron chi connectivity index (χ2n) is 7.12. The topological polar surface area (TPSA) is 75.9 Å². The molecule has 0 aromatic heterocycles. The molecule has 7 nitrogen and oxygen atoms in total. The first-order valence-electron chi connectivity index (χ1n) is 8.10. The molecule has 0 N–H and O–H groups in total. The summed E-state index contributed by atoms with van der Waals surface area (Å²) in [6.07, 6.45) is -0.284. The predicted octanol–water partition coefficient (Wildman–Crippen LogP) is 2.96. The van der Waals surface area contributed by atoms with E-state index in [-0.39, 0.29) is 16.7 Å². The van der Waals surface area contributed by atoms with Gasteiger partial charge in [0.25, 0.3) is 5.69 Å². The van der Waals surface area contributed by atoms with Gasteiger partial charge in [-0.1, -0.05) is 12.1 Å². The Labute approximate surface area is 142 Å². The largest absolute Gasteiger partial charge is 0.444 e. The molecule has 1 amide bonds. The summed E-state index contributed by atoms with van der Waals surface area (Å²) in [5.41, 5.74) is 1.24. The van der Waals surface area contributed by atoms with Crippen molar-refractivity contribution in [1.29, 1.82) is 0 Å². The van der Waals surface area contributed by atoms with Crippen molar-refractivity contribution in [2.45, 2.75) is 39.8 Å². The standard InChI is InChI=1S/C17H25N3O4/c1-13-5-6-14(11-15(13)20(22)23)12-18-7-9-19(10-8-18)16(21)24-17(2,3)4/h5-6,11H,7-10,12H2,1-4H3. The second kappa shape index (κ2) is 7.17. The van der Waals surface area contributed by atoms with E-state index in [0.717, 1.165) is 18.7 Å². The minimum atomic E-state index is -0.491. The van der Waals surface area contributed by atoms with Gasteiger partial charge in [-0.25, -0.2) is 4.79 Å². The van der Waals surface area contributed by atoms with Crippen LogP contribution in [0.5, 0.6) is 0 Å². The molecule has 0 spiro atoms. The first-order chi connectivity index (χ1) is 11.2. The molecule has 0 atom stereocenters. The normalized spacial score (nSPS) is 16.1. The van der Waals surface area contributed by atoms with Gasteiger partial charge >= 0.3 is 6.09 Å². The molecule has 0 radical (unpaired) electrons. The van der Waals surface area contributed by atoms with Crippen LogP contribution in [0.25, 0.3) is 0 Å². The van der Waals surface area contributed by atoms with Crippen molar-refractivity contribution >= 4 is 11.8 Å². The molecule has 1 fully saturated rings. The Morgan fingerprint density at radius 3 is 2.42 bits per heavy atom. The van der Waals surface area contributed by atoms with E-state index >= 15 is 0 Å². The summed E-state index contributed by atoms with van der Waals surface area (Å²) in [4.78, 5) is 26.6. The zero-order valence-electron chi connectivity index (χ0n) is 14.7. The minimum absolute atomic E-state index is 0.153. The van der Waals surface area contributed by atoms with Gasteiger partial charge in [-0.05, 0) is 33.3 Å². The minimum Gasteiger partial charge on any atom is -0.444 e. The number of ether oxygens (including phenoxy) is 1. The zero-order valence-corrected chi connectivity index (χ0v) is 14.7. The van der Waals surface area contributed by atoms with Crippen molar-refractivity contribution in [3.63, 3.8) is 0 Å². The maximum Gasteiger partial charge on any atom is 0.410 e. The van der Waals surface area contributed by atoms with E-state index in [1.54, 1.807) is 24.0 Å². The van der Waals surface area contributed by atoms with Crippen LogP contribution in [0, 0.1) is 17.0 Å². The Balaban J connectivity index is 1.90. The molecule has 0 saturated carbocycles. The third-order valence-electron chi connectivity index (χ3n) is 3.90. The number of rotatable bonds is 3. The van der Waals surface area contributed by atoms with Gasteiger partial charge in [-0.3, -0.25) is 15.0 Å². The average Bonchev–Trinajstić information content (AvgIpc) is 2.48. The zero-order chi connectivity index (χ0) is 17.9. The lowest BCUT2D eigenvalue weighted by atomic mass is 10.1. The Morgan fingerprint density at radius 1 is 1.25 bits per heavy atom. The van der Waals surface area contributed by atoms with Crippen molar-refractivity contribution in [2.24, 2.45) is 0 Å². The molecule has 1 saturated heterocycles. The Bertz CT molecular complexity index is 617. The van der Waals surface area contributed by atoms with Crippen molar-refractivity contribution in [1.82, 2.24) is 9.80 Å². The van der Waals surface area contributed by atoms with Gasteiger partial charge in [-0.2, -0.15) is 0 Å². The van der Waals surface area contributed by atoms with E-state index < -0.39 is 5.60 Å². The summed E-state index contributed by atoms with van der Waals surface area (Å²) in [5.74, 6) is 0. The van der Waals surface area contributed by atoms with Crippen LogP contribution in [-0.4, -0.2) is 52.6 Å². The molecule has 7 heteroatoms. The van der Waals surface area contributed by atoms with E-state index in [4.69, 9.17) is 4.74 Å². The monoisotopic (exact) mass is 335 g/mol. The average molecular weight is 335 g/mol. The molecule has 1 aliphatic rings. The maximum absolute atomic E-state index is 12.0. The van der Waals surface area contributed by atoms with Gasteiger partial charge in [-0.15, -0.1) is 0 Å². The third-order valence-corrected chi connectivity index (χ3v) is 3.90. The molecule has 2 rings (SSSR count). The summed E-state index contributed by atoms with van der Waals surface area (Å²) in [7, 11) is 0. The highest BCUT2D eigenvalue weighted by Crippen LogP contribution is 2.21. The van der Waals surface area contributed by atoms with Gasteiger partial charge in [0, 0.05) is 44.4 Å². The van der Waals surface area contributed by atoms with Crippen LogP contribution in [0.3, 0.4) is 0 Å².